The molecule has 1 saturated heterocycles. The number of hydrogen-bond donors (Lipinski definition) is 1. The van der Waals surface area contributed by atoms with Gasteiger partial charge in [-0.25, -0.2) is 0 Å². The molecule has 1 aromatic carbocycles. The van der Waals surface area contributed by atoms with E-state index in [4.69, 9.17) is 0 Å². The third kappa shape index (κ3) is 6.53. The fourth-order valence-corrected chi connectivity index (χ4v) is 2.61. The van der Waals surface area contributed by atoms with E-state index in [0.717, 1.165) is 39.3 Å². The Labute approximate surface area is 146 Å². The largest absolute Gasteiger partial charge is 0.340 e. The third-order valence-corrected chi connectivity index (χ3v) is 3.80. The maximum Gasteiger partial charge on any atom is 0.223 e. The molecule has 0 spiro atoms. The van der Waals surface area contributed by atoms with Crippen LogP contribution in [0.25, 0.3) is 0 Å². The van der Waals surface area contributed by atoms with Crippen LogP contribution >= 0.6 is 24.8 Å². The lowest BCUT2D eigenvalue weighted by atomic mass is 10.1. The molecule has 1 aliphatic rings. The predicted octanol–water partition coefficient (Wildman–Crippen LogP) is 2.09. The molecular formula is C16H27Cl2N3O. The number of carbonyl (C=O) groups excluding carboxylic acids is 1. The number of carbonyl (C=O) groups is 1. The smallest absolute Gasteiger partial charge is 0.223 e. The van der Waals surface area contributed by atoms with Crippen LogP contribution < -0.4 is 5.32 Å². The Bertz CT molecular complexity index is 449. The Hall–Kier alpha value is -0.810. The minimum Gasteiger partial charge on any atom is -0.340 e. The van der Waals surface area contributed by atoms with E-state index in [0.29, 0.717) is 6.42 Å². The molecule has 1 aliphatic heterocycles. The molecule has 0 atom stereocenters. The van der Waals surface area contributed by atoms with Gasteiger partial charge < -0.3 is 10.2 Å². The summed E-state index contributed by atoms with van der Waals surface area (Å²) >= 11 is 0. The molecule has 0 bridgehead atoms. The van der Waals surface area contributed by atoms with Crippen LogP contribution in [0.15, 0.2) is 24.3 Å². The molecule has 1 amide bonds. The summed E-state index contributed by atoms with van der Waals surface area (Å²) in [5.41, 5.74) is 2.67. The lowest BCUT2D eigenvalue weighted by Gasteiger charge is -2.34. The molecule has 126 valence electrons. The lowest BCUT2D eigenvalue weighted by molar-refractivity contribution is -0.132. The molecule has 1 aromatic rings. The second-order valence-corrected chi connectivity index (χ2v) is 5.50. The van der Waals surface area contributed by atoms with E-state index in [1.54, 1.807) is 0 Å². The molecule has 1 N–H and O–H groups in total. The average molecular weight is 348 g/mol. The fraction of sp³-hybridized carbons (Fsp3) is 0.562. The number of rotatable bonds is 5. The van der Waals surface area contributed by atoms with Crippen molar-refractivity contribution in [2.75, 3.05) is 39.8 Å². The quantitative estimate of drug-likeness (QED) is 0.885. The van der Waals surface area contributed by atoms with Crippen molar-refractivity contribution in [2.24, 2.45) is 0 Å². The summed E-state index contributed by atoms with van der Waals surface area (Å²) in [5.74, 6) is 0.273. The van der Waals surface area contributed by atoms with Crippen LogP contribution in [0.4, 0.5) is 0 Å². The van der Waals surface area contributed by atoms with Gasteiger partial charge in [-0.2, -0.15) is 0 Å². The zero-order chi connectivity index (χ0) is 14.4. The number of nitrogens with zero attached hydrogens (tertiary/aromatic N) is 2. The summed E-state index contributed by atoms with van der Waals surface area (Å²) in [7, 11) is 1.88. The summed E-state index contributed by atoms with van der Waals surface area (Å²) in [4.78, 5) is 16.4. The van der Waals surface area contributed by atoms with Crippen molar-refractivity contribution in [3.63, 3.8) is 0 Å². The molecule has 1 heterocycles. The molecule has 22 heavy (non-hydrogen) atoms. The molecular weight excluding hydrogens is 321 g/mol. The normalized spacial score (nSPS) is 14.9. The van der Waals surface area contributed by atoms with Crippen LogP contribution in [0.3, 0.4) is 0 Å². The molecule has 6 heteroatoms. The van der Waals surface area contributed by atoms with Gasteiger partial charge in [0.15, 0.2) is 0 Å². The van der Waals surface area contributed by atoms with Crippen molar-refractivity contribution in [3.05, 3.63) is 35.4 Å². The second-order valence-electron chi connectivity index (χ2n) is 5.50. The van der Waals surface area contributed by atoms with E-state index in [9.17, 15) is 4.79 Å². The number of hydrogen-bond acceptors (Lipinski definition) is 3. The molecule has 1 fully saturated rings. The van der Waals surface area contributed by atoms with Gasteiger partial charge in [-0.15, -0.1) is 24.8 Å². The highest BCUT2D eigenvalue weighted by atomic mass is 35.5. The first kappa shape index (κ1) is 21.2. The number of aryl methyl sites for hydroxylation is 1. The minimum absolute atomic E-state index is 0. The number of piperazine rings is 1. The monoisotopic (exact) mass is 347 g/mol. The number of halogens is 2. The topological polar surface area (TPSA) is 35.6 Å². The zero-order valence-corrected chi connectivity index (χ0v) is 15.0. The molecule has 2 rings (SSSR count). The van der Waals surface area contributed by atoms with E-state index in [-0.39, 0.29) is 30.7 Å². The summed E-state index contributed by atoms with van der Waals surface area (Å²) < 4.78 is 0. The first-order valence-electron chi connectivity index (χ1n) is 7.39. The lowest BCUT2D eigenvalue weighted by Crippen LogP contribution is -2.48. The van der Waals surface area contributed by atoms with Gasteiger partial charge in [0.2, 0.25) is 5.91 Å². The van der Waals surface area contributed by atoms with Crippen LogP contribution in [0, 0.1) is 6.92 Å². The highest BCUT2D eigenvalue weighted by Gasteiger charge is 2.20. The third-order valence-electron chi connectivity index (χ3n) is 3.80. The maximum atomic E-state index is 11.9. The Kier molecular flexibility index (Phi) is 10.4. The Morgan fingerprint density at radius 1 is 1.18 bits per heavy atom. The van der Waals surface area contributed by atoms with Gasteiger partial charge in [-0.05, 0) is 19.5 Å². The van der Waals surface area contributed by atoms with E-state index in [1.165, 1.54) is 11.1 Å². The van der Waals surface area contributed by atoms with Crippen LogP contribution in [-0.2, 0) is 11.3 Å². The molecule has 0 aromatic heterocycles. The summed E-state index contributed by atoms with van der Waals surface area (Å²) in [5, 5.41) is 3.03. The Balaban J connectivity index is 0.00000220. The van der Waals surface area contributed by atoms with E-state index < -0.39 is 0 Å². The Morgan fingerprint density at radius 3 is 2.45 bits per heavy atom. The first-order valence-corrected chi connectivity index (χ1v) is 7.39. The first-order chi connectivity index (χ1) is 9.69. The molecule has 0 saturated carbocycles. The fourth-order valence-electron chi connectivity index (χ4n) is 2.61. The minimum atomic E-state index is 0. The Morgan fingerprint density at radius 2 is 1.86 bits per heavy atom. The molecule has 4 nitrogen and oxygen atoms in total. The molecule has 0 unspecified atom stereocenters. The van der Waals surface area contributed by atoms with Crippen molar-refractivity contribution in [1.82, 2.24) is 15.1 Å². The average Bonchev–Trinajstić information content (AvgIpc) is 2.45. The SMILES string of the molecule is CNCCC(=O)N1CCN(Cc2cccc(C)c2)CC1.Cl.Cl. The van der Waals surface area contributed by atoms with Crippen LogP contribution in [-0.4, -0.2) is 55.5 Å². The van der Waals surface area contributed by atoms with Gasteiger partial charge in [-0.1, -0.05) is 29.8 Å². The summed E-state index contributed by atoms with van der Waals surface area (Å²) in [6.45, 7) is 7.53. The predicted molar refractivity (Wildman–Crippen MR) is 96.1 cm³/mol. The van der Waals surface area contributed by atoms with Gasteiger partial charge in [-0.3, -0.25) is 9.69 Å². The maximum absolute atomic E-state index is 11.9. The number of amides is 1. The summed E-state index contributed by atoms with van der Waals surface area (Å²) in [6.07, 6.45) is 0.606. The van der Waals surface area contributed by atoms with Gasteiger partial charge in [0, 0.05) is 45.7 Å². The van der Waals surface area contributed by atoms with E-state index >= 15 is 0 Å². The van der Waals surface area contributed by atoms with E-state index in [2.05, 4.69) is 41.4 Å². The van der Waals surface area contributed by atoms with Gasteiger partial charge in [0.05, 0.1) is 0 Å². The van der Waals surface area contributed by atoms with Crippen molar-refractivity contribution >= 4 is 30.7 Å². The van der Waals surface area contributed by atoms with Crippen LogP contribution in [0.5, 0.6) is 0 Å². The van der Waals surface area contributed by atoms with Gasteiger partial charge >= 0.3 is 0 Å². The highest BCUT2D eigenvalue weighted by Crippen LogP contribution is 2.10. The van der Waals surface area contributed by atoms with Crippen molar-refractivity contribution < 1.29 is 4.79 Å². The van der Waals surface area contributed by atoms with Crippen molar-refractivity contribution in [1.29, 1.82) is 0 Å². The highest BCUT2D eigenvalue weighted by molar-refractivity contribution is 5.85. The van der Waals surface area contributed by atoms with Gasteiger partial charge in [0.25, 0.3) is 0 Å². The van der Waals surface area contributed by atoms with Crippen molar-refractivity contribution in [2.45, 2.75) is 19.9 Å². The van der Waals surface area contributed by atoms with Crippen LogP contribution in [0.2, 0.25) is 0 Å². The second kappa shape index (κ2) is 10.8. The standard InChI is InChI=1S/C16H25N3O.2ClH/c1-14-4-3-5-15(12-14)13-18-8-10-19(11-9-18)16(20)6-7-17-2;;/h3-5,12,17H,6-11,13H2,1-2H3;2*1H. The molecule has 0 radical (unpaired) electrons. The zero-order valence-electron chi connectivity index (χ0n) is 13.4. The summed E-state index contributed by atoms with van der Waals surface area (Å²) in [6, 6.07) is 8.66. The van der Waals surface area contributed by atoms with Gasteiger partial charge in [0.1, 0.15) is 0 Å². The number of benzene rings is 1. The number of nitrogens with one attached hydrogen (secondary N) is 1. The molecule has 0 aliphatic carbocycles. The van der Waals surface area contributed by atoms with E-state index in [1.807, 2.05) is 11.9 Å². The van der Waals surface area contributed by atoms with Crippen molar-refractivity contribution in [3.8, 4) is 0 Å². The van der Waals surface area contributed by atoms with Crippen LogP contribution in [0.1, 0.15) is 17.5 Å².